The minimum Gasteiger partial charge on any atom is -0.463 e. The number of hydrogen-bond acceptors (Lipinski definition) is 10. The van der Waals surface area contributed by atoms with Gasteiger partial charge >= 0.3 is 23.9 Å². The van der Waals surface area contributed by atoms with Gasteiger partial charge in [-0.3, -0.25) is 19.2 Å². The van der Waals surface area contributed by atoms with Crippen LogP contribution in [0.4, 0.5) is 0 Å². The van der Waals surface area contributed by atoms with Gasteiger partial charge in [0.2, 0.25) is 12.4 Å². The van der Waals surface area contributed by atoms with E-state index in [1.165, 1.54) is 0 Å². The van der Waals surface area contributed by atoms with Crippen molar-refractivity contribution < 1.29 is 42.9 Å². The summed E-state index contributed by atoms with van der Waals surface area (Å²) in [4.78, 5) is 47.9. The van der Waals surface area contributed by atoms with Crippen LogP contribution in [0, 0.1) is 0 Å². The minimum absolute atomic E-state index is 0.374. The maximum absolute atomic E-state index is 11.5. The lowest BCUT2D eigenvalue weighted by Crippen LogP contribution is -2.61. The molecular weight excluding hydrogens is 354 g/mol. The number of azide groups is 1. The van der Waals surface area contributed by atoms with Crippen molar-refractivity contribution in [2.45, 2.75) is 58.3 Å². The summed E-state index contributed by atoms with van der Waals surface area (Å²) >= 11 is 0. The summed E-state index contributed by atoms with van der Waals surface area (Å²) in [5.74, 6) is -2.93. The predicted molar refractivity (Wildman–Crippen MR) is 81.1 cm³/mol. The van der Waals surface area contributed by atoms with E-state index < -0.39 is 54.5 Å². The van der Waals surface area contributed by atoms with Crippen molar-refractivity contribution in [1.82, 2.24) is 0 Å². The summed E-state index contributed by atoms with van der Waals surface area (Å²) in [6.45, 7) is 4.05. The van der Waals surface area contributed by atoms with Crippen LogP contribution in [0.5, 0.6) is 0 Å². The zero-order valence-electron chi connectivity index (χ0n) is 14.6. The second-order valence-electron chi connectivity index (χ2n) is 5.30. The Morgan fingerprint density at radius 1 is 0.923 bits per heavy atom. The molecule has 0 amide bonds. The molecular formula is C14H19N3O9. The number of ether oxygens (including phenoxy) is 5. The summed E-state index contributed by atoms with van der Waals surface area (Å²) in [5.41, 5.74) is 8.81. The van der Waals surface area contributed by atoms with Gasteiger partial charge in [-0.05, 0) is 5.53 Å². The van der Waals surface area contributed by atoms with E-state index in [2.05, 4.69) is 10.0 Å². The van der Waals surface area contributed by atoms with Gasteiger partial charge in [-0.25, -0.2) is 0 Å². The molecule has 1 rings (SSSR count). The Kier molecular flexibility index (Phi) is 7.81. The summed E-state index contributed by atoms with van der Waals surface area (Å²) < 4.78 is 25.5. The zero-order chi connectivity index (χ0) is 19.9. The van der Waals surface area contributed by atoms with Crippen LogP contribution < -0.4 is 0 Å². The summed E-state index contributed by atoms with van der Waals surface area (Å²) in [7, 11) is 0. The third kappa shape index (κ3) is 6.22. The van der Waals surface area contributed by atoms with Crippen molar-refractivity contribution in [2.75, 3.05) is 6.61 Å². The van der Waals surface area contributed by atoms with E-state index in [-0.39, 0.29) is 6.61 Å². The quantitative estimate of drug-likeness (QED) is 0.210. The van der Waals surface area contributed by atoms with E-state index in [0.29, 0.717) is 0 Å². The highest BCUT2D eigenvalue weighted by Gasteiger charge is 2.51. The van der Waals surface area contributed by atoms with Gasteiger partial charge in [-0.1, -0.05) is 5.11 Å². The number of carbonyl (C=O) groups is 4. The Morgan fingerprint density at radius 2 is 1.46 bits per heavy atom. The average Bonchev–Trinajstić information content (AvgIpc) is 2.50. The Morgan fingerprint density at radius 3 is 1.92 bits per heavy atom. The molecule has 0 aromatic rings. The molecule has 0 N–H and O–H groups in total. The van der Waals surface area contributed by atoms with Crippen LogP contribution in [-0.2, 0) is 42.9 Å². The molecule has 0 aliphatic carbocycles. The van der Waals surface area contributed by atoms with E-state index in [0.717, 1.165) is 27.7 Å². The molecule has 12 heteroatoms. The number of rotatable bonds is 6. The van der Waals surface area contributed by atoms with E-state index in [4.69, 9.17) is 29.2 Å². The summed E-state index contributed by atoms with van der Waals surface area (Å²) in [5, 5.41) is 3.50. The molecule has 1 aliphatic heterocycles. The first-order chi connectivity index (χ1) is 12.1. The lowest BCUT2D eigenvalue weighted by molar-refractivity contribution is -0.276. The van der Waals surface area contributed by atoms with Gasteiger partial charge in [0.15, 0.2) is 6.10 Å². The molecule has 0 spiro atoms. The van der Waals surface area contributed by atoms with Crippen molar-refractivity contribution >= 4 is 23.9 Å². The Balaban J connectivity index is 3.27. The summed E-state index contributed by atoms with van der Waals surface area (Å²) in [6.07, 6.45) is -5.29. The second kappa shape index (κ2) is 9.59. The van der Waals surface area contributed by atoms with Crippen LogP contribution in [0.2, 0.25) is 0 Å². The van der Waals surface area contributed by atoms with Crippen LogP contribution >= 0.6 is 0 Å². The van der Waals surface area contributed by atoms with E-state index in [1.807, 2.05) is 0 Å². The molecule has 0 bridgehead atoms. The Bertz CT molecular complexity index is 617. The molecule has 1 heterocycles. The van der Waals surface area contributed by atoms with Gasteiger partial charge in [0.05, 0.1) is 0 Å². The van der Waals surface area contributed by atoms with Gasteiger partial charge in [0.1, 0.15) is 18.8 Å². The molecule has 0 aromatic carbocycles. The van der Waals surface area contributed by atoms with Gasteiger partial charge in [-0.15, -0.1) is 0 Å². The van der Waals surface area contributed by atoms with Crippen LogP contribution in [0.1, 0.15) is 27.7 Å². The fourth-order valence-electron chi connectivity index (χ4n) is 2.33. The number of hydrogen-bond donors (Lipinski definition) is 0. The molecule has 12 nitrogen and oxygen atoms in total. The second-order valence-corrected chi connectivity index (χ2v) is 5.30. The molecule has 0 radical (unpaired) electrons. The first-order valence-corrected chi connectivity index (χ1v) is 7.50. The lowest BCUT2D eigenvalue weighted by Gasteiger charge is -2.42. The van der Waals surface area contributed by atoms with Crippen molar-refractivity contribution in [3.63, 3.8) is 0 Å². The number of carbonyl (C=O) groups excluding carboxylic acids is 4. The fraction of sp³-hybridized carbons (Fsp3) is 0.714. The lowest BCUT2D eigenvalue weighted by atomic mass is 9.96. The van der Waals surface area contributed by atoms with Gasteiger partial charge in [-0.2, -0.15) is 0 Å². The maximum Gasteiger partial charge on any atom is 0.305 e. The first kappa shape index (κ1) is 21.2. The topological polar surface area (TPSA) is 163 Å². The molecule has 1 fully saturated rings. The van der Waals surface area contributed by atoms with E-state index in [9.17, 15) is 19.2 Å². The van der Waals surface area contributed by atoms with Crippen LogP contribution in [0.15, 0.2) is 5.11 Å². The number of nitrogens with zero attached hydrogens (tertiary/aromatic N) is 3. The molecule has 0 saturated carbocycles. The largest absolute Gasteiger partial charge is 0.463 e. The van der Waals surface area contributed by atoms with Crippen LogP contribution in [0.25, 0.3) is 10.4 Å². The molecule has 26 heavy (non-hydrogen) atoms. The van der Waals surface area contributed by atoms with E-state index in [1.54, 1.807) is 0 Å². The average molecular weight is 373 g/mol. The predicted octanol–water partition coefficient (Wildman–Crippen LogP) is 0.380. The van der Waals surface area contributed by atoms with Crippen molar-refractivity contribution in [2.24, 2.45) is 5.11 Å². The third-order valence-electron chi connectivity index (χ3n) is 3.14. The monoisotopic (exact) mass is 373 g/mol. The van der Waals surface area contributed by atoms with Gasteiger partial charge in [0, 0.05) is 32.6 Å². The molecule has 5 atom stereocenters. The van der Waals surface area contributed by atoms with Gasteiger partial charge in [0.25, 0.3) is 0 Å². The molecule has 1 saturated heterocycles. The Hall–Kier alpha value is -2.85. The van der Waals surface area contributed by atoms with Gasteiger partial charge < -0.3 is 23.7 Å². The summed E-state index contributed by atoms with van der Waals surface area (Å²) in [6, 6.07) is -1.21. The van der Waals surface area contributed by atoms with Crippen molar-refractivity contribution in [1.29, 1.82) is 0 Å². The normalized spacial score (nSPS) is 27.5. The Labute approximate surface area is 148 Å². The maximum atomic E-state index is 11.5. The highest BCUT2D eigenvalue weighted by molar-refractivity contribution is 5.68. The molecule has 1 aliphatic rings. The standard InChI is InChI=1S/C14H19N3O9/c1-6(18)22-5-10-11(16-17-15)12(23-7(2)19)13(24-8(3)20)14(26-10)25-9(4)21/h10-14H,5H2,1-4H3/t10-,11-,12+,13-,14?/m1/s1. The zero-order valence-corrected chi connectivity index (χ0v) is 14.6. The van der Waals surface area contributed by atoms with Crippen molar-refractivity contribution in [3.8, 4) is 0 Å². The third-order valence-corrected chi connectivity index (χ3v) is 3.14. The highest BCUT2D eigenvalue weighted by atomic mass is 16.7. The molecule has 0 aromatic heterocycles. The minimum atomic E-state index is -1.47. The van der Waals surface area contributed by atoms with Crippen molar-refractivity contribution in [3.05, 3.63) is 10.4 Å². The highest BCUT2D eigenvalue weighted by Crippen LogP contribution is 2.29. The van der Waals surface area contributed by atoms with Crippen LogP contribution in [-0.4, -0.2) is 61.1 Å². The van der Waals surface area contributed by atoms with E-state index >= 15 is 0 Å². The SMILES string of the molecule is CC(=O)OC[C@H]1OC(OC(C)=O)[C@H](OC(C)=O)[C@@H](OC(C)=O)[C@@H]1N=[N+]=[N-]. The molecule has 1 unspecified atom stereocenters. The smallest absolute Gasteiger partial charge is 0.305 e. The number of esters is 4. The first-order valence-electron chi connectivity index (χ1n) is 7.50. The van der Waals surface area contributed by atoms with Crippen LogP contribution in [0.3, 0.4) is 0 Å². The fourth-order valence-corrected chi connectivity index (χ4v) is 2.33. The molecule has 144 valence electrons.